The van der Waals surface area contributed by atoms with E-state index in [2.05, 4.69) is 29.2 Å². The van der Waals surface area contributed by atoms with Crippen LogP contribution in [0.5, 0.6) is 0 Å². The predicted molar refractivity (Wildman–Crippen MR) is 64.4 cm³/mol. The summed E-state index contributed by atoms with van der Waals surface area (Å²) in [6.07, 6.45) is 0. The van der Waals surface area contributed by atoms with Crippen molar-refractivity contribution in [1.29, 1.82) is 0 Å². The van der Waals surface area contributed by atoms with Gasteiger partial charge < -0.3 is 0 Å². The van der Waals surface area contributed by atoms with Crippen LogP contribution < -0.4 is 0 Å². The first kappa shape index (κ1) is 10.4. The van der Waals surface area contributed by atoms with E-state index in [1.54, 1.807) is 0 Å². The molecule has 1 heterocycles. The number of hydrogen-bond acceptors (Lipinski definition) is 1. The summed E-state index contributed by atoms with van der Waals surface area (Å²) in [4.78, 5) is 2.25. The number of benzene rings is 1. The van der Waals surface area contributed by atoms with Gasteiger partial charge in [-0.2, -0.15) is 0 Å². The van der Waals surface area contributed by atoms with Crippen molar-refractivity contribution < 1.29 is 0 Å². The van der Waals surface area contributed by atoms with Gasteiger partial charge >= 0.3 is 99.3 Å². The molecule has 2 aromatic rings. The molecule has 14 heavy (non-hydrogen) atoms. The summed E-state index contributed by atoms with van der Waals surface area (Å²) in [5.41, 5.74) is 1.34. The molecule has 0 aliphatic heterocycles. The van der Waals surface area contributed by atoms with Gasteiger partial charge in [0.25, 0.3) is 0 Å². The van der Waals surface area contributed by atoms with Crippen molar-refractivity contribution in [2.75, 3.05) is 0 Å². The number of halogens is 1. The minimum atomic E-state index is 0.580. The first-order chi connectivity index (χ1) is 6.84. The van der Waals surface area contributed by atoms with Gasteiger partial charge in [0.2, 0.25) is 0 Å². The van der Waals surface area contributed by atoms with E-state index in [0.717, 1.165) is 10.8 Å². The third kappa shape index (κ3) is 2.93. The molecule has 1 aromatic heterocycles. The van der Waals surface area contributed by atoms with Crippen molar-refractivity contribution in [2.45, 2.75) is 9.52 Å². The van der Waals surface area contributed by atoms with E-state index in [1.807, 2.05) is 23.9 Å². The topological polar surface area (TPSA) is 0 Å². The van der Waals surface area contributed by atoms with Crippen LogP contribution in [-0.2, 0) is 5.75 Å². The fraction of sp³-hybridized carbons (Fsp3) is 0.0909. The molecular weight excluding hydrogens is 279 g/mol. The average molecular weight is 288 g/mol. The molecule has 72 valence electrons. The Hall–Kier alpha value is -0.141. The zero-order valence-corrected chi connectivity index (χ0v) is 10.7. The Kier molecular flexibility index (Phi) is 3.77. The summed E-state index contributed by atoms with van der Waals surface area (Å²) in [5.74, 6) is 1.05. The Morgan fingerprint density at radius 3 is 2.57 bits per heavy atom. The molecular formula is C11H9ClSSe. The summed E-state index contributed by atoms with van der Waals surface area (Å²) < 4.78 is 1.51. The van der Waals surface area contributed by atoms with E-state index in [9.17, 15) is 0 Å². The average Bonchev–Trinajstić information content (AvgIpc) is 2.70. The molecule has 3 heteroatoms. The molecule has 0 radical (unpaired) electrons. The monoisotopic (exact) mass is 288 g/mol. The number of hydrogen-bond donors (Lipinski definition) is 0. The zero-order valence-electron chi connectivity index (χ0n) is 7.44. The summed E-state index contributed by atoms with van der Waals surface area (Å²) >= 11 is 8.32. The van der Waals surface area contributed by atoms with Gasteiger partial charge in [-0.3, -0.25) is 0 Å². The molecule has 0 atom stereocenters. The molecule has 0 N–H and O–H groups in total. The molecule has 0 unspecified atom stereocenters. The Balaban J connectivity index is 1.95. The van der Waals surface area contributed by atoms with Crippen LogP contribution in [0, 0.1) is 0 Å². The van der Waals surface area contributed by atoms with E-state index in [1.165, 1.54) is 9.33 Å². The van der Waals surface area contributed by atoms with Crippen molar-refractivity contribution in [1.82, 2.24) is 0 Å². The van der Waals surface area contributed by atoms with Crippen molar-refractivity contribution in [2.24, 2.45) is 0 Å². The van der Waals surface area contributed by atoms with Crippen molar-refractivity contribution in [3.63, 3.8) is 0 Å². The van der Waals surface area contributed by atoms with Crippen LogP contribution in [0.3, 0.4) is 0 Å². The van der Waals surface area contributed by atoms with Gasteiger partial charge in [-0.25, -0.2) is 0 Å². The Morgan fingerprint density at radius 1 is 1.14 bits per heavy atom. The van der Waals surface area contributed by atoms with Crippen molar-refractivity contribution >= 4 is 37.9 Å². The molecule has 0 bridgehead atoms. The second kappa shape index (κ2) is 5.09. The van der Waals surface area contributed by atoms with Gasteiger partial charge in [-0.05, 0) is 0 Å². The standard InChI is InChI=1S/C11H9ClSSe/c12-10-5-3-9(4-6-10)8-13-11-2-1-7-14-11/h1-7H,8H2. The summed E-state index contributed by atoms with van der Waals surface area (Å²) in [6, 6.07) is 12.4. The van der Waals surface area contributed by atoms with Gasteiger partial charge in [-0.15, -0.1) is 0 Å². The molecule has 0 saturated heterocycles. The summed E-state index contributed by atoms with van der Waals surface area (Å²) in [6.45, 7) is 0. The minimum absolute atomic E-state index is 0.580. The quantitative estimate of drug-likeness (QED) is 0.613. The van der Waals surface area contributed by atoms with E-state index < -0.39 is 0 Å². The SMILES string of the molecule is Clc1ccc(CSc2ccc[se]2)cc1. The molecule has 1 aromatic carbocycles. The van der Waals surface area contributed by atoms with Crippen LogP contribution in [-0.4, -0.2) is 14.5 Å². The Bertz CT molecular complexity index is 380. The summed E-state index contributed by atoms with van der Waals surface area (Å²) in [7, 11) is 0. The fourth-order valence-corrected chi connectivity index (χ4v) is 3.98. The maximum atomic E-state index is 5.81. The number of thioether (sulfide) groups is 1. The number of rotatable bonds is 3. The molecule has 0 nitrogen and oxygen atoms in total. The van der Waals surface area contributed by atoms with Gasteiger partial charge in [-0.1, -0.05) is 0 Å². The summed E-state index contributed by atoms with van der Waals surface area (Å²) in [5, 5.41) is 0.810. The van der Waals surface area contributed by atoms with Crippen molar-refractivity contribution in [3.05, 3.63) is 51.9 Å². The zero-order chi connectivity index (χ0) is 9.80. The normalized spacial score (nSPS) is 10.4. The Morgan fingerprint density at radius 2 is 1.93 bits per heavy atom. The second-order valence-corrected chi connectivity index (χ2v) is 6.87. The van der Waals surface area contributed by atoms with Crippen LogP contribution in [0.1, 0.15) is 5.56 Å². The first-order valence-corrected chi connectivity index (χ1v) is 7.46. The molecule has 0 aliphatic carbocycles. The van der Waals surface area contributed by atoms with Crippen molar-refractivity contribution in [3.8, 4) is 0 Å². The van der Waals surface area contributed by atoms with E-state index in [0.29, 0.717) is 14.5 Å². The fourth-order valence-electron chi connectivity index (χ4n) is 1.08. The maximum absolute atomic E-state index is 5.81. The molecule has 0 aliphatic rings. The predicted octanol–water partition coefficient (Wildman–Crippen LogP) is 3.69. The molecule has 0 fully saturated rings. The van der Waals surface area contributed by atoms with Crippen LogP contribution in [0.4, 0.5) is 0 Å². The van der Waals surface area contributed by atoms with Gasteiger partial charge in [0.15, 0.2) is 0 Å². The Labute approximate surface area is 99.0 Å². The van der Waals surface area contributed by atoms with Crippen LogP contribution in [0.25, 0.3) is 0 Å². The van der Waals surface area contributed by atoms with Gasteiger partial charge in [0, 0.05) is 0 Å². The molecule has 0 spiro atoms. The van der Waals surface area contributed by atoms with Gasteiger partial charge in [0.1, 0.15) is 0 Å². The third-order valence-electron chi connectivity index (χ3n) is 1.79. The molecule has 2 rings (SSSR count). The van der Waals surface area contributed by atoms with E-state index in [4.69, 9.17) is 11.6 Å². The molecule has 0 saturated carbocycles. The van der Waals surface area contributed by atoms with E-state index in [-0.39, 0.29) is 0 Å². The van der Waals surface area contributed by atoms with Gasteiger partial charge in [0.05, 0.1) is 0 Å². The van der Waals surface area contributed by atoms with Crippen LogP contribution >= 0.6 is 23.4 Å². The second-order valence-electron chi connectivity index (χ2n) is 2.85. The molecule has 0 amide bonds. The first-order valence-electron chi connectivity index (χ1n) is 4.25. The van der Waals surface area contributed by atoms with E-state index >= 15 is 0 Å². The van der Waals surface area contributed by atoms with Crippen LogP contribution in [0.15, 0.2) is 45.1 Å². The van der Waals surface area contributed by atoms with Crippen LogP contribution in [0.2, 0.25) is 5.02 Å². The third-order valence-corrected chi connectivity index (χ3v) is 5.57.